The van der Waals surface area contributed by atoms with E-state index in [1.54, 1.807) is 25.1 Å². The van der Waals surface area contributed by atoms with Crippen molar-refractivity contribution >= 4 is 35.2 Å². The third kappa shape index (κ3) is 3.31. The molecule has 0 saturated heterocycles. The maximum absolute atomic E-state index is 12.4. The van der Waals surface area contributed by atoms with Gasteiger partial charge in [-0.15, -0.1) is 0 Å². The summed E-state index contributed by atoms with van der Waals surface area (Å²) in [5.41, 5.74) is 1.60. The third-order valence-electron chi connectivity index (χ3n) is 3.73. The Balaban J connectivity index is 2.59. The first-order chi connectivity index (χ1) is 10.8. The summed E-state index contributed by atoms with van der Waals surface area (Å²) < 4.78 is 4.90. The standard InChI is InChI=1S/C16H18Cl2N2O3/c1-8(2)20-9(3)13(15(21)23-4)14(19-16(20)22)10-5-6-11(17)12(18)7-10/h5-8,14H,1-4H3,(H,19,22)/t14-/m0/s1. The fourth-order valence-corrected chi connectivity index (χ4v) is 3.00. The predicted molar refractivity (Wildman–Crippen MR) is 89.4 cm³/mol. The van der Waals surface area contributed by atoms with Gasteiger partial charge in [0.1, 0.15) is 0 Å². The second-order valence-corrected chi connectivity index (χ2v) is 6.32. The van der Waals surface area contributed by atoms with Gasteiger partial charge in [0, 0.05) is 11.7 Å². The van der Waals surface area contributed by atoms with Crippen LogP contribution in [0.4, 0.5) is 4.79 Å². The van der Waals surface area contributed by atoms with Crippen LogP contribution >= 0.6 is 23.2 Å². The Kier molecular flexibility index (Phi) is 5.22. The smallest absolute Gasteiger partial charge is 0.337 e. The van der Waals surface area contributed by atoms with Crippen molar-refractivity contribution in [3.05, 3.63) is 45.1 Å². The van der Waals surface area contributed by atoms with Gasteiger partial charge in [-0.3, -0.25) is 4.90 Å². The highest BCUT2D eigenvalue weighted by Gasteiger charge is 2.37. The molecule has 1 atom stereocenters. The van der Waals surface area contributed by atoms with Crippen LogP contribution in [-0.2, 0) is 9.53 Å². The summed E-state index contributed by atoms with van der Waals surface area (Å²) in [6.07, 6.45) is 0. The lowest BCUT2D eigenvalue weighted by Crippen LogP contribution is -2.50. The molecule has 124 valence electrons. The minimum Gasteiger partial charge on any atom is -0.466 e. The number of carbonyl (C=O) groups is 2. The molecule has 1 aliphatic heterocycles. The van der Waals surface area contributed by atoms with Gasteiger partial charge in [0.2, 0.25) is 0 Å². The molecule has 1 aromatic carbocycles. The second-order valence-electron chi connectivity index (χ2n) is 5.51. The topological polar surface area (TPSA) is 58.6 Å². The fraction of sp³-hybridized carbons (Fsp3) is 0.375. The molecule has 1 aromatic rings. The number of hydrogen-bond donors (Lipinski definition) is 1. The summed E-state index contributed by atoms with van der Waals surface area (Å²) in [6, 6.07) is 3.98. The molecule has 1 N–H and O–H groups in total. The van der Waals surface area contributed by atoms with Crippen molar-refractivity contribution in [2.75, 3.05) is 7.11 Å². The number of halogens is 2. The summed E-state index contributed by atoms with van der Waals surface area (Å²) in [6.45, 7) is 5.48. The maximum atomic E-state index is 12.4. The summed E-state index contributed by atoms with van der Waals surface area (Å²) in [7, 11) is 1.31. The van der Waals surface area contributed by atoms with E-state index in [4.69, 9.17) is 27.9 Å². The van der Waals surface area contributed by atoms with Gasteiger partial charge >= 0.3 is 12.0 Å². The van der Waals surface area contributed by atoms with Gasteiger partial charge in [0.15, 0.2) is 0 Å². The van der Waals surface area contributed by atoms with E-state index >= 15 is 0 Å². The van der Waals surface area contributed by atoms with Crippen LogP contribution in [0.2, 0.25) is 10.0 Å². The first-order valence-electron chi connectivity index (χ1n) is 7.11. The molecular formula is C16H18Cl2N2O3. The van der Waals surface area contributed by atoms with Crippen molar-refractivity contribution in [2.24, 2.45) is 0 Å². The number of rotatable bonds is 3. The van der Waals surface area contributed by atoms with Gasteiger partial charge in [-0.05, 0) is 38.5 Å². The van der Waals surface area contributed by atoms with E-state index in [-0.39, 0.29) is 12.1 Å². The molecular weight excluding hydrogens is 339 g/mol. The van der Waals surface area contributed by atoms with Crippen molar-refractivity contribution in [3.8, 4) is 0 Å². The summed E-state index contributed by atoms with van der Waals surface area (Å²) in [5.74, 6) is -0.496. The van der Waals surface area contributed by atoms with Crippen molar-refractivity contribution in [1.82, 2.24) is 10.2 Å². The second kappa shape index (κ2) is 6.81. The molecule has 2 amide bonds. The zero-order valence-corrected chi connectivity index (χ0v) is 14.8. The van der Waals surface area contributed by atoms with Crippen LogP contribution in [0.3, 0.4) is 0 Å². The average Bonchev–Trinajstić information content (AvgIpc) is 2.48. The molecule has 0 bridgehead atoms. The predicted octanol–water partition coefficient (Wildman–Crippen LogP) is 3.92. The summed E-state index contributed by atoms with van der Waals surface area (Å²) in [4.78, 5) is 26.2. The van der Waals surface area contributed by atoms with E-state index < -0.39 is 12.0 Å². The van der Waals surface area contributed by atoms with Gasteiger partial charge in [0.25, 0.3) is 0 Å². The Bertz CT molecular complexity index is 686. The van der Waals surface area contributed by atoms with Crippen LogP contribution in [-0.4, -0.2) is 30.1 Å². The van der Waals surface area contributed by atoms with Gasteiger partial charge in [-0.25, -0.2) is 9.59 Å². The van der Waals surface area contributed by atoms with Crippen LogP contribution in [0.5, 0.6) is 0 Å². The average molecular weight is 357 g/mol. The number of urea groups is 1. The third-order valence-corrected chi connectivity index (χ3v) is 4.46. The molecule has 0 saturated carbocycles. The minimum absolute atomic E-state index is 0.0931. The summed E-state index contributed by atoms with van der Waals surface area (Å²) in [5, 5.41) is 3.59. The van der Waals surface area contributed by atoms with Gasteiger partial charge in [-0.1, -0.05) is 29.3 Å². The highest BCUT2D eigenvalue weighted by Crippen LogP contribution is 2.34. The molecule has 23 heavy (non-hydrogen) atoms. The lowest BCUT2D eigenvalue weighted by Gasteiger charge is -2.37. The van der Waals surface area contributed by atoms with Crippen molar-refractivity contribution in [1.29, 1.82) is 0 Å². The SMILES string of the molecule is COC(=O)C1=C(C)N(C(C)C)C(=O)N[C@H]1c1ccc(Cl)c(Cl)c1. The normalized spacial score (nSPS) is 18.3. The van der Waals surface area contributed by atoms with Crippen LogP contribution < -0.4 is 5.32 Å². The van der Waals surface area contributed by atoms with Crippen LogP contribution in [0.15, 0.2) is 29.5 Å². The fourth-order valence-electron chi connectivity index (χ4n) is 2.70. The number of nitrogens with one attached hydrogen (secondary N) is 1. The number of nitrogens with zero attached hydrogens (tertiary/aromatic N) is 1. The molecule has 1 heterocycles. The number of methoxy groups -OCH3 is 1. The van der Waals surface area contributed by atoms with E-state index in [2.05, 4.69) is 5.32 Å². The van der Waals surface area contributed by atoms with E-state index in [1.165, 1.54) is 12.0 Å². The van der Waals surface area contributed by atoms with Gasteiger partial charge < -0.3 is 10.1 Å². The molecule has 5 nitrogen and oxygen atoms in total. The molecule has 0 unspecified atom stereocenters. The molecule has 0 fully saturated rings. The molecule has 0 aliphatic carbocycles. The molecule has 2 rings (SSSR count). The van der Waals surface area contributed by atoms with E-state index in [1.807, 2.05) is 13.8 Å². The molecule has 0 spiro atoms. The first-order valence-corrected chi connectivity index (χ1v) is 7.87. The van der Waals surface area contributed by atoms with Crippen LogP contribution in [0, 0.1) is 0 Å². The molecule has 1 aliphatic rings. The Morgan fingerprint density at radius 1 is 1.30 bits per heavy atom. The Hall–Kier alpha value is -1.72. The van der Waals surface area contributed by atoms with E-state index in [9.17, 15) is 9.59 Å². The Morgan fingerprint density at radius 2 is 1.96 bits per heavy atom. The Labute approximate surface area is 145 Å². The van der Waals surface area contributed by atoms with Crippen LogP contribution in [0.25, 0.3) is 0 Å². The van der Waals surface area contributed by atoms with Crippen molar-refractivity contribution < 1.29 is 14.3 Å². The quantitative estimate of drug-likeness (QED) is 0.835. The maximum Gasteiger partial charge on any atom is 0.337 e. The Morgan fingerprint density at radius 3 is 2.48 bits per heavy atom. The highest BCUT2D eigenvalue weighted by atomic mass is 35.5. The number of carbonyl (C=O) groups excluding carboxylic acids is 2. The first kappa shape index (κ1) is 17.6. The largest absolute Gasteiger partial charge is 0.466 e. The monoisotopic (exact) mass is 356 g/mol. The molecule has 7 heteroatoms. The number of amides is 2. The number of allylic oxidation sites excluding steroid dienone is 1. The van der Waals surface area contributed by atoms with Crippen molar-refractivity contribution in [3.63, 3.8) is 0 Å². The van der Waals surface area contributed by atoms with Crippen LogP contribution in [0.1, 0.15) is 32.4 Å². The van der Waals surface area contributed by atoms with Gasteiger partial charge in [-0.2, -0.15) is 0 Å². The van der Waals surface area contributed by atoms with Gasteiger partial charge in [0.05, 0.1) is 28.8 Å². The molecule has 0 aromatic heterocycles. The number of esters is 1. The number of hydrogen-bond acceptors (Lipinski definition) is 3. The number of benzene rings is 1. The van der Waals surface area contributed by atoms with E-state index in [0.717, 1.165) is 0 Å². The number of ether oxygens (including phenoxy) is 1. The highest BCUT2D eigenvalue weighted by molar-refractivity contribution is 6.42. The lowest BCUT2D eigenvalue weighted by molar-refractivity contribution is -0.136. The zero-order valence-electron chi connectivity index (χ0n) is 13.3. The zero-order chi connectivity index (χ0) is 17.3. The van der Waals surface area contributed by atoms with E-state index in [0.29, 0.717) is 26.9 Å². The van der Waals surface area contributed by atoms with Crippen molar-refractivity contribution in [2.45, 2.75) is 32.9 Å². The summed E-state index contributed by atoms with van der Waals surface area (Å²) >= 11 is 12.0. The lowest BCUT2D eigenvalue weighted by atomic mass is 9.94. The minimum atomic E-state index is -0.639. The molecule has 0 radical (unpaired) electrons.